The Labute approximate surface area is 155 Å². The van der Waals surface area contributed by atoms with Gasteiger partial charge in [0, 0.05) is 17.8 Å². The van der Waals surface area contributed by atoms with Gasteiger partial charge in [-0.2, -0.15) is 0 Å². The lowest BCUT2D eigenvalue weighted by Crippen LogP contribution is -2.24. The summed E-state index contributed by atoms with van der Waals surface area (Å²) in [6.07, 6.45) is 2.75. The summed E-state index contributed by atoms with van der Waals surface area (Å²) >= 11 is 0. The zero-order chi connectivity index (χ0) is 19.2. The van der Waals surface area contributed by atoms with Crippen LogP contribution in [0.3, 0.4) is 0 Å². The van der Waals surface area contributed by atoms with Crippen LogP contribution in [-0.2, 0) is 16.4 Å². The number of sulfonamides is 1. The fraction of sp³-hybridized carbons (Fsp3) is 0.350. The molecule has 26 heavy (non-hydrogen) atoms. The molecule has 0 atom stereocenters. The van der Waals surface area contributed by atoms with E-state index in [4.69, 9.17) is 0 Å². The molecule has 0 spiro atoms. The van der Waals surface area contributed by atoms with E-state index in [1.54, 1.807) is 12.1 Å². The molecule has 2 aromatic carbocycles. The highest BCUT2D eigenvalue weighted by Crippen LogP contribution is 2.15. The second-order valence-electron chi connectivity index (χ2n) is 6.71. The number of aryl methyl sites for hydroxylation is 1. The first kappa shape index (κ1) is 20.0. The topological polar surface area (TPSA) is 75.3 Å². The van der Waals surface area contributed by atoms with Gasteiger partial charge in [0.25, 0.3) is 5.91 Å². The van der Waals surface area contributed by atoms with Gasteiger partial charge in [0.15, 0.2) is 0 Å². The summed E-state index contributed by atoms with van der Waals surface area (Å²) in [5.74, 6) is 0.388. The fourth-order valence-corrected chi connectivity index (χ4v) is 3.13. The maximum Gasteiger partial charge on any atom is 0.251 e. The van der Waals surface area contributed by atoms with Crippen molar-refractivity contribution in [1.82, 2.24) is 5.32 Å². The van der Waals surface area contributed by atoms with Crippen LogP contribution < -0.4 is 10.0 Å². The molecule has 0 heterocycles. The minimum atomic E-state index is -3.25. The minimum absolute atomic E-state index is 0.0620. The Bertz CT molecular complexity index is 826. The smallest absolute Gasteiger partial charge is 0.251 e. The van der Waals surface area contributed by atoms with Gasteiger partial charge in [-0.05, 0) is 54.2 Å². The van der Waals surface area contributed by atoms with Crippen molar-refractivity contribution in [2.75, 3.05) is 17.5 Å². The highest BCUT2D eigenvalue weighted by Gasteiger charge is 2.06. The van der Waals surface area contributed by atoms with Crippen LogP contribution in [0, 0.1) is 0 Å². The molecular formula is C20H26N2O3S. The number of rotatable bonds is 8. The summed E-state index contributed by atoms with van der Waals surface area (Å²) in [5.41, 5.74) is 3.54. The normalized spacial score (nSPS) is 11.4. The SMILES string of the molecule is CC(C)c1ccc(C(=O)NCCCc2ccc(NS(C)(=O)=O)cc2)cc1. The number of carbonyl (C=O) groups is 1. The van der Waals surface area contributed by atoms with E-state index in [-0.39, 0.29) is 5.91 Å². The quantitative estimate of drug-likeness (QED) is 0.694. The third kappa shape index (κ3) is 6.52. The molecule has 2 aromatic rings. The first-order valence-electron chi connectivity index (χ1n) is 8.69. The Kier molecular flexibility index (Phi) is 6.80. The molecule has 0 aliphatic carbocycles. The van der Waals surface area contributed by atoms with Crippen molar-refractivity contribution in [2.24, 2.45) is 0 Å². The Morgan fingerprint density at radius 1 is 1.00 bits per heavy atom. The summed E-state index contributed by atoms with van der Waals surface area (Å²) in [6, 6.07) is 15.0. The standard InChI is InChI=1S/C20H26N2O3S/c1-15(2)17-8-10-18(11-9-17)20(23)21-14-4-5-16-6-12-19(13-7-16)22-26(3,24)25/h6-13,15,22H,4-5,14H2,1-3H3,(H,21,23). The lowest BCUT2D eigenvalue weighted by molar-refractivity contribution is 0.0953. The first-order valence-corrected chi connectivity index (χ1v) is 10.6. The van der Waals surface area contributed by atoms with Gasteiger partial charge in [0.1, 0.15) is 0 Å². The van der Waals surface area contributed by atoms with E-state index in [0.717, 1.165) is 24.7 Å². The Hall–Kier alpha value is -2.34. The zero-order valence-corrected chi connectivity index (χ0v) is 16.3. The van der Waals surface area contributed by atoms with E-state index in [9.17, 15) is 13.2 Å². The van der Waals surface area contributed by atoms with Gasteiger partial charge in [-0.1, -0.05) is 38.1 Å². The monoisotopic (exact) mass is 374 g/mol. The third-order valence-corrected chi connectivity index (χ3v) is 4.63. The summed E-state index contributed by atoms with van der Waals surface area (Å²) in [6.45, 7) is 4.84. The van der Waals surface area contributed by atoms with Crippen molar-refractivity contribution in [3.63, 3.8) is 0 Å². The second kappa shape index (κ2) is 8.85. The molecule has 0 bridgehead atoms. The van der Waals surface area contributed by atoms with Gasteiger partial charge in [-0.15, -0.1) is 0 Å². The molecule has 5 nitrogen and oxygen atoms in total. The van der Waals surface area contributed by atoms with Crippen LogP contribution in [0.5, 0.6) is 0 Å². The van der Waals surface area contributed by atoms with Gasteiger partial charge >= 0.3 is 0 Å². The molecule has 0 fully saturated rings. The molecule has 0 saturated heterocycles. The zero-order valence-electron chi connectivity index (χ0n) is 15.5. The van der Waals surface area contributed by atoms with Crippen LogP contribution in [-0.4, -0.2) is 27.1 Å². The second-order valence-corrected chi connectivity index (χ2v) is 8.46. The molecule has 0 aromatic heterocycles. The highest BCUT2D eigenvalue weighted by molar-refractivity contribution is 7.92. The summed E-state index contributed by atoms with van der Waals surface area (Å²) in [4.78, 5) is 12.1. The van der Waals surface area contributed by atoms with E-state index in [0.29, 0.717) is 23.7 Å². The van der Waals surface area contributed by atoms with Crippen LogP contribution in [0.4, 0.5) is 5.69 Å². The first-order chi connectivity index (χ1) is 12.2. The number of amides is 1. The highest BCUT2D eigenvalue weighted by atomic mass is 32.2. The lowest BCUT2D eigenvalue weighted by atomic mass is 10.0. The van der Waals surface area contributed by atoms with Gasteiger partial charge in [-0.3, -0.25) is 9.52 Å². The van der Waals surface area contributed by atoms with Crippen LogP contribution in [0.15, 0.2) is 48.5 Å². The summed E-state index contributed by atoms with van der Waals surface area (Å²) < 4.78 is 24.8. The van der Waals surface area contributed by atoms with Crippen molar-refractivity contribution >= 4 is 21.6 Å². The molecule has 2 rings (SSSR count). The number of hydrogen-bond acceptors (Lipinski definition) is 3. The van der Waals surface area contributed by atoms with Crippen LogP contribution in [0.1, 0.15) is 47.7 Å². The van der Waals surface area contributed by atoms with Crippen molar-refractivity contribution in [3.8, 4) is 0 Å². The van der Waals surface area contributed by atoms with Gasteiger partial charge in [-0.25, -0.2) is 8.42 Å². The van der Waals surface area contributed by atoms with Crippen molar-refractivity contribution < 1.29 is 13.2 Å². The van der Waals surface area contributed by atoms with E-state index in [1.807, 2.05) is 36.4 Å². The average molecular weight is 375 g/mol. The molecule has 0 aliphatic rings. The third-order valence-electron chi connectivity index (χ3n) is 4.02. The summed E-state index contributed by atoms with van der Waals surface area (Å²) in [7, 11) is -3.25. The van der Waals surface area contributed by atoms with E-state index >= 15 is 0 Å². The maximum atomic E-state index is 12.1. The molecule has 6 heteroatoms. The number of benzene rings is 2. The molecule has 0 saturated carbocycles. The van der Waals surface area contributed by atoms with Crippen molar-refractivity contribution in [3.05, 3.63) is 65.2 Å². The minimum Gasteiger partial charge on any atom is -0.352 e. The molecular weight excluding hydrogens is 348 g/mol. The van der Waals surface area contributed by atoms with E-state index < -0.39 is 10.0 Å². The maximum absolute atomic E-state index is 12.1. The lowest BCUT2D eigenvalue weighted by Gasteiger charge is -2.08. The fourth-order valence-electron chi connectivity index (χ4n) is 2.57. The predicted octanol–water partition coefficient (Wildman–Crippen LogP) is 3.54. The Morgan fingerprint density at radius 2 is 1.62 bits per heavy atom. The number of hydrogen-bond donors (Lipinski definition) is 2. The number of carbonyl (C=O) groups excluding carboxylic acids is 1. The molecule has 140 valence electrons. The molecule has 2 N–H and O–H groups in total. The number of anilines is 1. The van der Waals surface area contributed by atoms with Crippen LogP contribution in [0.2, 0.25) is 0 Å². The molecule has 0 unspecified atom stereocenters. The van der Waals surface area contributed by atoms with Crippen molar-refractivity contribution in [1.29, 1.82) is 0 Å². The van der Waals surface area contributed by atoms with Crippen molar-refractivity contribution in [2.45, 2.75) is 32.6 Å². The predicted molar refractivity (Wildman–Crippen MR) is 106 cm³/mol. The Morgan fingerprint density at radius 3 is 2.15 bits per heavy atom. The van der Waals surface area contributed by atoms with Crippen LogP contribution in [0.25, 0.3) is 0 Å². The van der Waals surface area contributed by atoms with E-state index in [2.05, 4.69) is 23.9 Å². The van der Waals surface area contributed by atoms with Gasteiger partial charge < -0.3 is 5.32 Å². The summed E-state index contributed by atoms with van der Waals surface area (Å²) in [5, 5.41) is 2.93. The number of nitrogens with one attached hydrogen (secondary N) is 2. The molecule has 0 radical (unpaired) electrons. The Balaban J connectivity index is 1.76. The largest absolute Gasteiger partial charge is 0.352 e. The average Bonchev–Trinajstić information content (AvgIpc) is 2.58. The van der Waals surface area contributed by atoms with E-state index in [1.165, 1.54) is 5.56 Å². The van der Waals surface area contributed by atoms with Gasteiger partial charge in [0.05, 0.1) is 6.26 Å². The molecule has 1 amide bonds. The molecule has 0 aliphatic heterocycles. The van der Waals surface area contributed by atoms with Crippen LogP contribution >= 0.6 is 0 Å². The van der Waals surface area contributed by atoms with Gasteiger partial charge in [0.2, 0.25) is 10.0 Å².